The number of piperidine rings is 1. The van der Waals surface area contributed by atoms with Crippen molar-refractivity contribution in [3.8, 4) is 5.75 Å². The number of phenols is 1. The van der Waals surface area contributed by atoms with E-state index in [1.54, 1.807) is 6.07 Å². The molecule has 4 rings (SSSR count). The molecule has 0 radical (unpaired) electrons. The van der Waals surface area contributed by atoms with E-state index in [0.29, 0.717) is 30.5 Å². The van der Waals surface area contributed by atoms with Crippen LogP contribution < -0.4 is 5.63 Å². The number of aromatic hydroxyl groups is 1. The van der Waals surface area contributed by atoms with Crippen molar-refractivity contribution in [3.05, 3.63) is 40.2 Å². The molecule has 2 fully saturated rings. The number of carbonyl (C=O) groups is 1. The largest absolute Gasteiger partial charge is 0.508 e. The van der Waals surface area contributed by atoms with Crippen molar-refractivity contribution in [2.45, 2.75) is 44.1 Å². The number of fused-ring (bicyclic) bond motifs is 2. The van der Waals surface area contributed by atoms with E-state index in [-0.39, 0.29) is 29.6 Å². The lowest BCUT2D eigenvalue weighted by Gasteiger charge is -2.47. The predicted octanol–water partition coefficient (Wildman–Crippen LogP) is 2.19. The highest BCUT2D eigenvalue weighted by atomic mass is 16.4. The van der Waals surface area contributed by atoms with Crippen molar-refractivity contribution in [2.75, 3.05) is 13.1 Å². The Labute approximate surface area is 151 Å². The van der Waals surface area contributed by atoms with Crippen LogP contribution >= 0.6 is 0 Å². The second kappa shape index (κ2) is 6.43. The molecule has 2 aromatic rings. The van der Waals surface area contributed by atoms with Crippen molar-refractivity contribution in [1.29, 1.82) is 0 Å². The van der Waals surface area contributed by atoms with Crippen LogP contribution in [0.4, 0.5) is 0 Å². The van der Waals surface area contributed by atoms with Gasteiger partial charge in [-0.1, -0.05) is 12.8 Å². The molecule has 1 aliphatic carbocycles. The van der Waals surface area contributed by atoms with E-state index < -0.39 is 11.2 Å². The number of carbonyl (C=O) groups excluding carboxylic acids is 1. The fraction of sp³-hybridized carbons (Fsp3) is 0.500. The number of benzene rings is 1. The van der Waals surface area contributed by atoms with Gasteiger partial charge in [0, 0.05) is 36.5 Å². The van der Waals surface area contributed by atoms with Gasteiger partial charge in [-0.25, -0.2) is 4.79 Å². The summed E-state index contributed by atoms with van der Waals surface area (Å²) >= 11 is 0. The second-order valence-corrected chi connectivity index (χ2v) is 7.58. The maximum atomic E-state index is 12.8. The van der Waals surface area contributed by atoms with E-state index >= 15 is 0 Å². The Morgan fingerprint density at radius 1 is 1.27 bits per heavy atom. The lowest BCUT2D eigenvalue weighted by atomic mass is 9.71. The van der Waals surface area contributed by atoms with Gasteiger partial charge in [-0.15, -0.1) is 0 Å². The zero-order valence-electron chi connectivity index (χ0n) is 14.6. The molecule has 138 valence electrons. The smallest absolute Gasteiger partial charge is 0.336 e. The lowest BCUT2D eigenvalue weighted by molar-refractivity contribution is -0.142. The van der Waals surface area contributed by atoms with Crippen molar-refractivity contribution in [1.82, 2.24) is 4.90 Å². The zero-order valence-corrected chi connectivity index (χ0v) is 14.6. The quantitative estimate of drug-likeness (QED) is 0.804. The van der Waals surface area contributed by atoms with Crippen LogP contribution in [0.15, 0.2) is 33.5 Å². The Hall–Kier alpha value is -2.34. The molecule has 2 aliphatic rings. The number of hydrogen-bond acceptors (Lipinski definition) is 5. The monoisotopic (exact) mass is 357 g/mol. The molecule has 2 heterocycles. The van der Waals surface area contributed by atoms with Crippen LogP contribution in [-0.2, 0) is 11.2 Å². The summed E-state index contributed by atoms with van der Waals surface area (Å²) in [4.78, 5) is 26.4. The van der Waals surface area contributed by atoms with Crippen molar-refractivity contribution in [2.24, 2.45) is 5.92 Å². The number of hydrogen-bond donors (Lipinski definition) is 2. The molecule has 26 heavy (non-hydrogen) atoms. The van der Waals surface area contributed by atoms with Crippen LogP contribution in [0.2, 0.25) is 0 Å². The van der Waals surface area contributed by atoms with Gasteiger partial charge in [0.05, 0.1) is 12.0 Å². The molecule has 6 heteroatoms. The third kappa shape index (κ3) is 3.09. The highest BCUT2D eigenvalue weighted by Gasteiger charge is 2.43. The average molecular weight is 357 g/mol. The minimum atomic E-state index is -0.618. The van der Waals surface area contributed by atoms with E-state index in [0.717, 1.165) is 25.7 Å². The normalized spacial score (nSPS) is 25.9. The summed E-state index contributed by atoms with van der Waals surface area (Å²) in [5, 5.41) is 21.0. The molecule has 1 aromatic carbocycles. The summed E-state index contributed by atoms with van der Waals surface area (Å²) in [6.45, 7) is 1.13. The summed E-state index contributed by atoms with van der Waals surface area (Å²) in [7, 11) is 0. The second-order valence-electron chi connectivity index (χ2n) is 7.58. The van der Waals surface area contributed by atoms with Crippen LogP contribution in [0.25, 0.3) is 11.0 Å². The number of phenolic OH excluding ortho intramolecular Hbond substituents is 1. The number of aliphatic hydroxyl groups is 1. The molecule has 1 aromatic heterocycles. The van der Waals surface area contributed by atoms with E-state index in [1.165, 1.54) is 18.2 Å². The first-order valence-electron chi connectivity index (χ1n) is 9.20. The van der Waals surface area contributed by atoms with Gasteiger partial charge in [-0.05, 0) is 37.0 Å². The summed E-state index contributed by atoms with van der Waals surface area (Å²) in [6, 6.07) is 5.90. The van der Waals surface area contributed by atoms with Gasteiger partial charge in [-0.3, -0.25) is 4.79 Å². The van der Waals surface area contributed by atoms with Gasteiger partial charge >= 0.3 is 5.63 Å². The van der Waals surface area contributed by atoms with Crippen LogP contribution in [0, 0.1) is 5.92 Å². The Morgan fingerprint density at radius 2 is 2.12 bits per heavy atom. The summed E-state index contributed by atoms with van der Waals surface area (Å²) in [5.41, 5.74) is -0.273. The van der Waals surface area contributed by atoms with Gasteiger partial charge in [-0.2, -0.15) is 0 Å². The van der Waals surface area contributed by atoms with E-state index in [4.69, 9.17) is 4.42 Å². The molecule has 6 nitrogen and oxygen atoms in total. The van der Waals surface area contributed by atoms with E-state index in [9.17, 15) is 19.8 Å². The number of nitrogens with zero attached hydrogens (tertiary/aromatic N) is 1. The van der Waals surface area contributed by atoms with Crippen LogP contribution in [0.1, 0.15) is 37.7 Å². The Morgan fingerprint density at radius 3 is 2.96 bits per heavy atom. The van der Waals surface area contributed by atoms with Crippen LogP contribution in [-0.4, -0.2) is 39.7 Å². The summed E-state index contributed by atoms with van der Waals surface area (Å²) in [5.74, 6) is 0.109. The topological polar surface area (TPSA) is 91.0 Å². The number of likely N-dealkylation sites (tertiary alicyclic amines) is 1. The van der Waals surface area contributed by atoms with Crippen LogP contribution in [0.3, 0.4) is 0 Å². The third-order valence-electron chi connectivity index (χ3n) is 5.94. The van der Waals surface area contributed by atoms with E-state index in [1.807, 2.05) is 4.90 Å². The minimum absolute atomic E-state index is 0.0109. The van der Waals surface area contributed by atoms with Crippen molar-refractivity contribution in [3.63, 3.8) is 0 Å². The first-order valence-corrected chi connectivity index (χ1v) is 9.20. The molecule has 1 aliphatic heterocycles. The Bertz CT molecular complexity index is 905. The Kier molecular flexibility index (Phi) is 4.23. The highest BCUT2D eigenvalue weighted by Crippen LogP contribution is 2.39. The summed E-state index contributed by atoms with van der Waals surface area (Å²) < 4.78 is 5.12. The third-order valence-corrected chi connectivity index (χ3v) is 5.94. The predicted molar refractivity (Wildman–Crippen MR) is 96.0 cm³/mol. The maximum absolute atomic E-state index is 12.8. The Balaban J connectivity index is 1.55. The molecule has 0 bridgehead atoms. The lowest BCUT2D eigenvalue weighted by Crippen LogP contribution is -2.54. The number of rotatable bonds is 2. The molecular weight excluding hydrogens is 334 g/mol. The molecule has 1 amide bonds. The molecule has 2 atom stereocenters. The molecular formula is C20H23NO5. The van der Waals surface area contributed by atoms with Crippen LogP contribution in [0.5, 0.6) is 5.75 Å². The zero-order chi connectivity index (χ0) is 18.3. The van der Waals surface area contributed by atoms with Crippen molar-refractivity contribution >= 4 is 16.9 Å². The number of amides is 1. The molecule has 2 N–H and O–H groups in total. The van der Waals surface area contributed by atoms with Gasteiger partial charge in [0.15, 0.2) is 0 Å². The summed E-state index contributed by atoms with van der Waals surface area (Å²) in [6.07, 6.45) is 4.67. The molecule has 1 saturated heterocycles. The minimum Gasteiger partial charge on any atom is -0.508 e. The van der Waals surface area contributed by atoms with Crippen molar-refractivity contribution < 1.29 is 19.4 Å². The highest BCUT2D eigenvalue weighted by molar-refractivity contribution is 5.87. The van der Waals surface area contributed by atoms with Gasteiger partial charge < -0.3 is 19.5 Å². The SMILES string of the molecule is O=C(Cc1cc(=O)oc2cc(O)ccc12)N1CC[C@]2(O)CCCC[C@@H]2C1. The maximum Gasteiger partial charge on any atom is 0.336 e. The fourth-order valence-electron chi connectivity index (χ4n) is 4.44. The average Bonchev–Trinajstić information content (AvgIpc) is 2.60. The standard InChI is InChI=1S/C20H23NO5/c22-15-4-5-16-13(10-19(24)26-17(16)11-15)9-18(23)21-8-7-20(25)6-2-1-3-14(20)12-21/h4-5,10-11,14,22,25H,1-3,6-9,12H2/t14-,20-/m1/s1. The fourth-order valence-corrected chi connectivity index (χ4v) is 4.44. The molecule has 0 unspecified atom stereocenters. The van der Waals surface area contributed by atoms with E-state index in [2.05, 4.69) is 0 Å². The first-order chi connectivity index (χ1) is 12.4. The van der Waals surface area contributed by atoms with Gasteiger partial charge in [0.1, 0.15) is 11.3 Å². The molecule has 1 saturated carbocycles. The molecule has 0 spiro atoms. The first kappa shape index (κ1) is 17.1. The van der Waals surface area contributed by atoms with Gasteiger partial charge in [0.2, 0.25) is 5.91 Å². The van der Waals surface area contributed by atoms with Gasteiger partial charge in [0.25, 0.3) is 0 Å².